The van der Waals surface area contributed by atoms with Crippen molar-refractivity contribution in [2.24, 2.45) is 4.99 Å². The van der Waals surface area contributed by atoms with Crippen molar-refractivity contribution in [3.63, 3.8) is 0 Å². The normalized spacial score (nSPS) is 23.2. The molecule has 0 atom stereocenters. The van der Waals surface area contributed by atoms with Gasteiger partial charge in [0.15, 0.2) is 0 Å². The summed E-state index contributed by atoms with van der Waals surface area (Å²) in [4.78, 5) is 4.45. The fourth-order valence-corrected chi connectivity index (χ4v) is 1.60. The number of aliphatic imine (C=N–C) groups is 1. The Labute approximate surface area is 72.6 Å². The molecule has 0 spiro atoms. The molecule has 2 nitrogen and oxygen atoms in total. The third-order valence-electron chi connectivity index (χ3n) is 2.29. The second kappa shape index (κ2) is 3.13. The van der Waals surface area contributed by atoms with Crippen LogP contribution in [0.15, 0.2) is 29.2 Å². The summed E-state index contributed by atoms with van der Waals surface area (Å²) in [6, 6.07) is 0. The molecule has 0 bridgehead atoms. The van der Waals surface area contributed by atoms with Crippen LogP contribution in [0, 0.1) is 0 Å². The van der Waals surface area contributed by atoms with Crippen molar-refractivity contribution >= 4 is 5.71 Å². The molecule has 0 radical (unpaired) electrons. The first-order chi connectivity index (χ1) is 5.86. The molecule has 2 heteroatoms. The maximum absolute atomic E-state index is 5.30. The van der Waals surface area contributed by atoms with Crippen LogP contribution in [0.3, 0.4) is 0 Å². The van der Waals surface area contributed by atoms with Gasteiger partial charge in [-0.25, -0.2) is 0 Å². The Morgan fingerprint density at radius 1 is 1.33 bits per heavy atom. The van der Waals surface area contributed by atoms with Crippen molar-refractivity contribution in [1.29, 1.82) is 0 Å². The second-order valence-corrected chi connectivity index (χ2v) is 3.27. The predicted octanol–water partition coefficient (Wildman–Crippen LogP) is 2.43. The molecular formula is C10H13NO. The van der Waals surface area contributed by atoms with Gasteiger partial charge in [0.05, 0.1) is 12.8 Å². The molecule has 2 aliphatic rings. The molecule has 12 heavy (non-hydrogen) atoms. The topological polar surface area (TPSA) is 21.6 Å². The first-order valence-electron chi connectivity index (χ1n) is 4.43. The number of hydrogen-bond donors (Lipinski definition) is 0. The molecule has 1 aliphatic carbocycles. The van der Waals surface area contributed by atoms with E-state index in [1.54, 1.807) is 0 Å². The zero-order valence-electron chi connectivity index (χ0n) is 7.18. The van der Waals surface area contributed by atoms with Crippen molar-refractivity contribution in [3.05, 3.63) is 24.2 Å². The minimum Gasteiger partial charge on any atom is -0.468 e. The van der Waals surface area contributed by atoms with Gasteiger partial charge in [-0.1, -0.05) is 6.58 Å². The molecule has 0 aromatic rings. The Kier molecular flexibility index (Phi) is 1.98. The SMILES string of the molecule is C=C1CN=C2CCCCC2=CO1. The van der Waals surface area contributed by atoms with E-state index in [1.165, 1.54) is 24.1 Å². The summed E-state index contributed by atoms with van der Waals surface area (Å²) >= 11 is 0. The molecule has 1 saturated carbocycles. The molecule has 1 fully saturated rings. The fraction of sp³-hybridized carbons (Fsp3) is 0.500. The minimum absolute atomic E-state index is 0.634. The first-order valence-corrected chi connectivity index (χ1v) is 4.43. The average Bonchev–Trinajstić information content (AvgIpc) is 2.29. The number of rotatable bonds is 0. The molecule has 1 aliphatic heterocycles. The quantitative estimate of drug-likeness (QED) is 0.537. The van der Waals surface area contributed by atoms with Crippen molar-refractivity contribution < 1.29 is 4.74 Å². The third-order valence-corrected chi connectivity index (χ3v) is 2.29. The van der Waals surface area contributed by atoms with Crippen molar-refractivity contribution in [2.75, 3.05) is 6.54 Å². The van der Waals surface area contributed by atoms with E-state index in [0.29, 0.717) is 6.54 Å². The molecule has 0 N–H and O–H groups in total. The molecule has 0 aromatic heterocycles. The summed E-state index contributed by atoms with van der Waals surface area (Å²) in [5.74, 6) is 0.754. The Hall–Kier alpha value is -1.05. The fourth-order valence-electron chi connectivity index (χ4n) is 1.60. The van der Waals surface area contributed by atoms with Gasteiger partial charge in [0.25, 0.3) is 0 Å². The smallest absolute Gasteiger partial charge is 0.117 e. The summed E-state index contributed by atoms with van der Waals surface area (Å²) in [5.41, 5.74) is 2.51. The molecule has 0 aromatic carbocycles. The maximum Gasteiger partial charge on any atom is 0.117 e. The van der Waals surface area contributed by atoms with Crippen LogP contribution in [0.2, 0.25) is 0 Å². The zero-order chi connectivity index (χ0) is 8.39. The second-order valence-electron chi connectivity index (χ2n) is 3.27. The lowest BCUT2D eigenvalue weighted by atomic mass is 9.94. The van der Waals surface area contributed by atoms with Crippen LogP contribution in [0.1, 0.15) is 25.7 Å². The monoisotopic (exact) mass is 163 g/mol. The van der Waals surface area contributed by atoms with Crippen LogP contribution < -0.4 is 0 Å². The van der Waals surface area contributed by atoms with Crippen LogP contribution in [-0.4, -0.2) is 12.3 Å². The van der Waals surface area contributed by atoms with E-state index in [-0.39, 0.29) is 0 Å². The van der Waals surface area contributed by atoms with Crippen LogP contribution in [0.4, 0.5) is 0 Å². The van der Waals surface area contributed by atoms with Gasteiger partial charge in [0, 0.05) is 11.3 Å². The number of ether oxygens (including phenoxy) is 1. The Balaban J connectivity index is 2.24. The van der Waals surface area contributed by atoms with E-state index < -0.39 is 0 Å². The first kappa shape index (κ1) is 7.59. The van der Waals surface area contributed by atoms with Gasteiger partial charge in [-0.15, -0.1) is 0 Å². The van der Waals surface area contributed by atoms with E-state index in [9.17, 15) is 0 Å². The largest absolute Gasteiger partial charge is 0.468 e. The van der Waals surface area contributed by atoms with Gasteiger partial charge >= 0.3 is 0 Å². The maximum atomic E-state index is 5.30. The lowest BCUT2D eigenvalue weighted by Crippen LogP contribution is -2.08. The molecule has 0 saturated heterocycles. The van der Waals surface area contributed by atoms with E-state index in [2.05, 4.69) is 11.6 Å². The van der Waals surface area contributed by atoms with Crippen LogP contribution in [0.25, 0.3) is 0 Å². The van der Waals surface area contributed by atoms with E-state index in [1.807, 2.05) is 6.26 Å². The lowest BCUT2D eigenvalue weighted by Gasteiger charge is -2.14. The summed E-state index contributed by atoms with van der Waals surface area (Å²) in [7, 11) is 0. The minimum atomic E-state index is 0.634. The van der Waals surface area contributed by atoms with E-state index in [4.69, 9.17) is 4.74 Å². The van der Waals surface area contributed by atoms with Crippen LogP contribution >= 0.6 is 0 Å². The molecule has 2 rings (SSSR count). The number of hydrogen-bond acceptors (Lipinski definition) is 2. The third kappa shape index (κ3) is 1.42. The predicted molar refractivity (Wildman–Crippen MR) is 49.1 cm³/mol. The van der Waals surface area contributed by atoms with Crippen LogP contribution in [0.5, 0.6) is 0 Å². The highest BCUT2D eigenvalue weighted by Gasteiger charge is 2.15. The zero-order valence-corrected chi connectivity index (χ0v) is 7.18. The standard InChI is InChI=1S/C10H13NO/c1-8-6-11-10-5-3-2-4-9(10)7-12-8/h7H,1-6H2. The van der Waals surface area contributed by atoms with Gasteiger partial charge in [0.2, 0.25) is 0 Å². The summed E-state index contributed by atoms with van der Waals surface area (Å²) < 4.78 is 5.30. The van der Waals surface area contributed by atoms with Crippen LogP contribution in [-0.2, 0) is 4.74 Å². The van der Waals surface area contributed by atoms with Gasteiger partial charge < -0.3 is 4.74 Å². The lowest BCUT2D eigenvalue weighted by molar-refractivity contribution is 0.347. The Bertz CT molecular complexity index is 237. The highest BCUT2D eigenvalue weighted by molar-refractivity contribution is 6.00. The summed E-state index contributed by atoms with van der Waals surface area (Å²) in [6.07, 6.45) is 6.59. The van der Waals surface area contributed by atoms with Crippen molar-refractivity contribution in [2.45, 2.75) is 25.7 Å². The van der Waals surface area contributed by atoms with Crippen molar-refractivity contribution in [1.82, 2.24) is 0 Å². The molecule has 64 valence electrons. The summed E-state index contributed by atoms with van der Waals surface area (Å²) in [6.45, 7) is 4.39. The highest BCUT2D eigenvalue weighted by Crippen LogP contribution is 2.23. The van der Waals surface area contributed by atoms with Gasteiger partial charge in [0.1, 0.15) is 5.76 Å². The van der Waals surface area contributed by atoms with Gasteiger partial charge in [-0.05, 0) is 25.7 Å². The molecule has 0 amide bonds. The Morgan fingerprint density at radius 3 is 3.08 bits per heavy atom. The number of allylic oxidation sites excluding steroid dienone is 1. The van der Waals surface area contributed by atoms with Gasteiger partial charge in [-0.2, -0.15) is 0 Å². The van der Waals surface area contributed by atoms with E-state index >= 15 is 0 Å². The van der Waals surface area contributed by atoms with Gasteiger partial charge in [-0.3, -0.25) is 4.99 Å². The number of nitrogens with zero attached hydrogens (tertiary/aromatic N) is 1. The Morgan fingerprint density at radius 2 is 2.17 bits per heavy atom. The van der Waals surface area contributed by atoms with E-state index in [0.717, 1.165) is 18.6 Å². The molecular weight excluding hydrogens is 150 g/mol. The molecule has 1 heterocycles. The van der Waals surface area contributed by atoms with Crippen molar-refractivity contribution in [3.8, 4) is 0 Å². The number of fused-ring (bicyclic) bond motifs is 1. The highest BCUT2D eigenvalue weighted by atomic mass is 16.5. The molecule has 0 unspecified atom stereocenters. The summed E-state index contributed by atoms with van der Waals surface area (Å²) in [5, 5.41) is 0. The average molecular weight is 163 g/mol.